The Morgan fingerprint density at radius 3 is 2.62 bits per heavy atom. The Balaban J connectivity index is 1.72. The molecule has 0 saturated heterocycles. The molecule has 3 aromatic heterocycles. The highest BCUT2D eigenvalue weighted by Crippen LogP contribution is 2.18. The molecule has 0 aliphatic rings. The van der Waals surface area contributed by atoms with E-state index in [1.807, 2.05) is 31.2 Å². The second kappa shape index (κ2) is 5.69. The Hall–Kier alpha value is -3.35. The molecular weight excluding hydrogens is 304 g/mol. The summed E-state index contributed by atoms with van der Waals surface area (Å²) in [6, 6.07) is 11.2. The van der Waals surface area contributed by atoms with E-state index in [9.17, 15) is 4.79 Å². The van der Waals surface area contributed by atoms with Crippen molar-refractivity contribution in [1.82, 2.24) is 29.3 Å². The molecule has 24 heavy (non-hydrogen) atoms. The Morgan fingerprint density at radius 1 is 1.04 bits per heavy atom. The van der Waals surface area contributed by atoms with E-state index in [1.54, 1.807) is 40.2 Å². The van der Waals surface area contributed by atoms with Crippen molar-refractivity contribution in [3.05, 3.63) is 77.5 Å². The Bertz CT molecular complexity index is 1040. The molecule has 4 rings (SSSR count). The van der Waals surface area contributed by atoms with Crippen LogP contribution < -0.4 is 5.56 Å². The first-order valence-corrected chi connectivity index (χ1v) is 7.51. The lowest BCUT2D eigenvalue weighted by Crippen LogP contribution is -2.25. The Kier molecular flexibility index (Phi) is 3.38. The van der Waals surface area contributed by atoms with E-state index < -0.39 is 0 Å². The van der Waals surface area contributed by atoms with Gasteiger partial charge in [0.25, 0.3) is 5.56 Å². The van der Waals surface area contributed by atoms with Gasteiger partial charge < -0.3 is 0 Å². The fourth-order valence-corrected chi connectivity index (χ4v) is 2.65. The molecule has 0 N–H and O–H groups in total. The van der Waals surface area contributed by atoms with Crippen LogP contribution in [0.25, 0.3) is 16.7 Å². The third-order valence-corrected chi connectivity index (χ3v) is 4.02. The van der Waals surface area contributed by atoms with Gasteiger partial charge in [-0.15, -0.1) is 0 Å². The highest BCUT2D eigenvalue weighted by molar-refractivity contribution is 5.72. The number of benzene rings is 1. The lowest BCUT2D eigenvalue weighted by molar-refractivity contribution is 0.607. The molecule has 0 aliphatic heterocycles. The van der Waals surface area contributed by atoms with Crippen molar-refractivity contribution < 1.29 is 0 Å². The first-order valence-electron chi connectivity index (χ1n) is 7.51. The van der Waals surface area contributed by atoms with Crippen molar-refractivity contribution in [2.24, 2.45) is 0 Å². The van der Waals surface area contributed by atoms with Crippen molar-refractivity contribution in [1.29, 1.82) is 0 Å². The fourth-order valence-electron chi connectivity index (χ4n) is 2.65. The number of nitrogens with zero attached hydrogens (tertiary/aromatic N) is 6. The Morgan fingerprint density at radius 2 is 1.88 bits per heavy atom. The van der Waals surface area contributed by atoms with E-state index in [2.05, 4.69) is 20.1 Å². The Labute approximate surface area is 137 Å². The van der Waals surface area contributed by atoms with Crippen LogP contribution >= 0.6 is 0 Å². The summed E-state index contributed by atoms with van der Waals surface area (Å²) in [6.45, 7) is 1.96. The van der Waals surface area contributed by atoms with Crippen molar-refractivity contribution in [2.45, 2.75) is 13.0 Å². The number of pyridine rings is 1. The number of aromatic nitrogens is 6. The molecule has 1 aromatic carbocycles. The maximum atomic E-state index is 12.6. The van der Waals surface area contributed by atoms with Gasteiger partial charge in [0.1, 0.15) is 12.7 Å². The van der Waals surface area contributed by atoms with Crippen molar-refractivity contribution >= 4 is 11.0 Å². The van der Waals surface area contributed by atoms with Crippen LogP contribution in [0.2, 0.25) is 0 Å². The van der Waals surface area contributed by atoms with Gasteiger partial charge in [-0.25, -0.2) is 19.6 Å². The maximum Gasteiger partial charge on any atom is 0.280 e. The van der Waals surface area contributed by atoms with Crippen molar-refractivity contribution in [3.8, 4) is 5.69 Å². The van der Waals surface area contributed by atoms with E-state index >= 15 is 0 Å². The molecule has 0 bridgehead atoms. The summed E-state index contributed by atoms with van der Waals surface area (Å²) in [5.74, 6) is 0. The number of hydrogen-bond acceptors (Lipinski definition) is 5. The zero-order valence-electron chi connectivity index (χ0n) is 12.9. The van der Waals surface area contributed by atoms with E-state index in [0.29, 0.717) is 11.0 Å². The number of fused-ring (bicyclic) bond motifs is 1. The summed E-state index contributed by atoms with van der Waals surface area (Å²) >= 11 is 0. The smallest absolute Gasteiger partial charge is 0.280 e. The molecule has 0 saturated carbocycles. The average molecular weight is 318 g/mol. The first kappa shape index (κ1) is 14.3. The summed E-state index contributed by atoms with van der Waals surface area (Å²) in [5.41, 5.74) is 2.75. The standard InChI is InChI=1S/C17H14N6O/c1-12(13-4-6-14(7-5-13)23-10-18-9-21-23)22-11-20-15-3-2-8-19-16(15)17(22)24/h2-12H,1H3/t12-/m0/s1. The van der Waals surface area contributed by atoms with Crippen molar-refractivity contribution in [2.75, 3.05) is 0 Å². The lowest BCUT2D eigenvalue weighted by atomic mass is 10.1. The van der Waals surface area contributed by atoms with Crippen LogP contribution in [0.5, 0.6) is 0 Å². The molecule has 7 nitrogen and oxygen atoms in total. The normalized spacial score (nSPS) is 12.4. The van der Waals surface area contributed by atoms with Crippen LogP contribution in [0.1, 0.15) is 18.5 Å². The predicted molar refractivity (Wildman–Crippen MR) is 89.0 cm³/mol. The first-order chi connectivity index (χ1) is 11.7. The lowest BCUT2D eigenvalue weighted by Gasteiger charge is -2.15. The zero-order chi connectivity index (χ0) is 16.5. The van der Waals surface area contributed by atoms with Crippen LogP contribution in [-0.2, 0) is 0 Å². The summed E-state index contributed by atoms with van der Waals surface area (Å²) in [6.07, 6.45) is 6.31. The molecule has 3 heterocycles. The summed E-state index contributed by atoms with van der Waals surface area (Å²) in [7, 11) is 0. The minimum Gasteiger partial charge on any atom is -0.290 e. The zero-order valence-corrected chi connectivity index (χ0v) is 12.9. The van der Waals surface area contributed by atoms with Gasteiger partial charge in [0.05, 0.1) is 23.6 Å². The molecule has 0 fully saturated rings. The molecule has 0 spiro atoms. The van der Waals surface area contributed by atoms with Gasteiger partial charge in [-0.2, -0.15) is 5.10 Å². The molecule has 7 heteroatoms. The van der Waals surface area contributed by atoms with Crippen molar-refractivity contribution in [3.63, 3.8) is 0 Å². The van der Waals surface area contributed by atoms with Crippen LogP contribution in [0.15, 0.2) is 66.4 Å². The summed E-state index contributed by atoms with van der Waals surface area (Å²) < 4.78 is 3.28. The molecule has 0 unspecified atom stereocenters. The third-order valence-electron chi connectivity index (χ3n) is 4.02. The van der Waals surface area contributed by atoms with Crippen LogP contribution in [-0.4, -0.2) is 29.3 Å². The molecule has 118 valence electrons. The monoisotopic (exact) mass is 318 g/mol. The van der Waals surface area contributed by atoms with E-state index in [4.69, 9.17) is 0 Å². The van der Waals surface area contributed by atoms with Gasteiger partial charge in [-0.05, 0) is 36.8 Å². The molecule has 0 aliphatic carbocycles. The molecule has 4 aromatic rings. The van der Waals surface area contributed by atoms with Gasteiger partial charge in [0.15, 0.2) is 5.52 Å². The summed E-state index contributed by atoms with van der Waals surface area (Å²) in [5, 5.41) is 4.10. The second-order valence-corrected chi connectivity index (χ2v) is 5.44. The van der Waals surface area contributed by atoms with E-state index in [-0.39, 0.29) is 11.6 Å². The fraction of sp³-hybridized carbons (Fsp3) is 0.118. The summed E-state index contributed by atoms with van der Waals surface area (Å²) in [4.78, 5) is 25.0. The highest BCUT2D eigenvalue weighted by atomic mass is 16.1. The molecule has 1 atom stereocenters. The largest absolute Gasteiger partial charge is 0.290 e. The quantitative estimate of drug-likeness (QED) is 0.577. The van der Waals surface area contributed by atoms with E-state index in [0.717, 1.165) is 11.3 Å². The molecule has 0 amide bonds. The van der Waals surface area contributed by atoms with E-state index in [1.165, 1.54) is 6.33 Å². The number of rotatable bonds is 3. The highest BCUT2D eigenvalue weighted by Gasteiger charge is 2.13. The van der Waals surface area contributed by atoms with Gasteiger partial charge in [0, 0.05) is 6.20 Å². The predicted octanol–water partition coefficient (Wildman–Crippen LogP) is 1.98. The third kappa shape index (κ3) is 2.36. The topological polar surface area (TPSA) is 78.5 Å². The molecular formula is C17H14N6O. The van der Waals surface area contributed by atoms with Gasteiger partial charge in [0.2, 0.25) is 0 Å². The minimum atomic E-state index is -0.152. The van der Waals surface area contributed by atoms with Crippen LogP contribution in [0, 0.1) is 0 Å². The number of hydrogen-bond donors (Lipinski definition) is 0. The molecule has 0 radical (unpaired) electrons. The van der Waals surface area contributed by atoms with Gasteiger partial charge in [-0.1, -0.05) is 12.1 Å². The minimum absolute atomic E-state index is 0.145. The second-order valence-electron chi connectivity index (χ2n) is 5.44. The SMILES string of the molecule is C[C@@H](c1ccc(-n2cncn2)cc1)n1cnc2cccnc2c1=O. The van der Waals surface area contributed by atoms with Gasteiger partial charge >= 0.3 is 0 Å². The average Bonchev–Trinajstić information content (AvgIpc) is 3.17. The van der Waals surface area contributed by atoms with Gasteiger partial charge in [-0.3, -0.25) is 9.36 Å². The van der Waals surface area contributed by atoms with Crippen LogP contribution in [0.3, 0.4) is 0 Å². The van der Waals surface area contributed by atoms with Crippen LogP contribution in [0.4, 0.5) is 0 Å². The maximum absolute atomic E-state index is 12.6.